The van der Waals surface area contributed by atoms with E-state index in [1.54, 1.807) is 17.5 Å². The summed E-state index contributed by atoms with van der Waals surface area (Å²) in [5.74, 6) is 0.302. The molecule has 0 radical (unpaired) electrons. The minimum absolute atomic E-state index is 0.0498. The van der Waals surface area contributed by atoms with Crippen molar-refractivity contribution in [3.8, 4) is 0 Å². The molecule has 6 nitrogen and oxygen atoms in total. The molecule has 1 aromatic rings. The van der Waals surface area contributed by atoms with Gasteiger partial charge in [0.1, 0.15) is 4.21 Å². The second kappa shape index (κ2) is 10.8. The molecule has 0 spiro atoms. The number of nitrogens with one attached hydrogen (secondary N) is 1. The summed E-state index contributed by atoms with van der Waals surface area (Å²) in [7, 11) is -3.42. The van der Waals surface area contributed by atoms with Crippen LogP contribution in [-0.4, -0.2) is 61.9 Å². The van der Waals surface area contributed by atoms with E-state index in [4.69, 9.17) is 0 Å². The molecule has 174 valence electrons. The summed E-state index contributed by atoms with van der Waals surface area (Å²) in [5.41, 5.74) is 0. The zero-order chi connectivity index (χ0) is 21.7. The van der Waals surface area contributed by atoms with Gasteiger partial charge in [0.05, 0.1) is 6.54 Å². The molecule has 8 heteroatoms. The van der Waals surface area contributed by atoms with E-state index in [1.807, 2.05) is 0 Å². The van der Waals surface area contributed by atoms with Gasteiger partial charge in [0.25, 0.3) is 0 Å². The number of likely N-dealkylation sites (tertiary alicyclic amines) is 1. The molecule has 0 unspecified atom stereocenters. The maximum atomic E-state index is 13.4. The molecule has 0 aromatic carbocycles. The normalized spacial score (nSPS) is 23.1. The van der Waals surface area contributed by atoms with Crippen molar-refractivity contribution in [3.05, 3.63) is 17.5 Å². The number of carbonyl (C=O) groups excluding carboxylic acids is 1. The zero-order valence-electron chi connectivity index (χ0n) is 18.5. The van der Waals surface area contributed by atoms with Gasteiger partial charge in [-0.3, -0.25) is 9.69 Å². The maximum absolute atomic E-state index is 13.4. The van der Waals surface area contributed by atoms with Crippen LogP contribution in [0.15, 0.2) is 21.7 Å². The molecule has 0 atom stereocenters. The van der Waals surface area contributed by atoms with Crippen LogP contribution in [-0.2, 0) is 14.8 Å². The standard InChI is InChI=1S/C23H37N3O3S2/c27-22(26(20-8-3-1-4-9-20)21-10-5-2-6-11-21)18-25-15-13-19(14-16-25)24-31(28,29)23-12-7-17-30-23/h7,12,17,19-21,24H,1-6,8-11,13-16,18H2. The van der Waals surface area contributed by atoms with Crippen LogP contribution in [0.5, 0.6) is 0 Å². The van der Waals surface area contributed by atoms with Crippen LogP contribution >= 0.6 is 11.3 Å². The van der Waals surface area contributed by atoms with Gasteiger partial charge in [-0.1, -0.05) is 44.6 Å². The Morgan fingerprint density at radius 1 is 0.968 bits per heavy atom. The third kappa shape index (κ3) is 6.09. The van der Waals surface area contributed by atoms with Crippen molar-refractivity contribution in [1.82, 2.24) is 14.5 Å². The third-order valence-electron chi connectivity index (χ3n) is 7.25. The highest BCUT2D eigenvalue weighted by atomic mass is 32.2. The quantitative estimate of drug-likeness (QED) is 0.658. The average Bonchev–Trinajstić information content (AvgIpc) is 3.33. The molecular formula is C23H37N3O3S2. The van der Waals surface area contributed by atoms with Crippen molar-refractivity contribution in [3.63, 3.8) is 0 Å². The molecular weight excluding hydrogens is 430 g/mol. The van der Waals surface area contributed by atoms with Crippen LogP contribution in [0.3, 0.4) is 0 Å². The van der Waals surface area contributed by atoms with Crippen LogP contribution in [0, 0.1) is 0 Å². The van der Waals surface area contributed by atoms with Crippen molar-refractivity contribution in [1.29, 1.82) is 0 Å². The lowest BCUT2D eigenvalue weighted by Gasteiger charge is -2.43. The van der Waals surface area contributed by atoms with Gasteiger partial charge in [-0.05, 0) is 50.0 Å². The van der Waals surface area contributed by atoms with Gasteiger partial charge < -0.3 is 4.90 Å². The summed E-state index contributed by atoms with van der Waals surface area (Å²) in [4.78, 5) is 18.0. The Hall–Kier alpha value is -0.960. The highest BCUT2D eigenvalue weighted by molar-refractivity contribution is 7.91. The largest absolute Gasteiger partial charge is 0.336 e. The van der Waals surface area contributed by atoms with Gasteiger partial charge in [0.2, 0.25) is 15.9 Å². The van der Waals surface area contributed by atoms with Gasteiger partial charge in [-0.15, -0.1) is 11.3 Å². The Bertz CT molecular complexity index is 774. The van der Waals surface area contributed by atoms with Gasteiger partial charge in [0.15, 0.2) is 0 Å². The number of piperidine rings is 1. The summed E-state index contributed by atoms with van der Waals surface area (Å²) in [5, 5.41) is 1.78. The Balaban J connectivity index is 1.31. The maximum Gasteiger partial charge on any atom is 0.250 e. The second-order valence-electron chi connectivity index (χ2n) is 9.49. The van der Waals surface area contributed by atoms with Gasteiger partial charge >= 0.3 is 0 Å². The monoisotopic (exact) mass is 467 g/mol. The first-order chi connectivity index (χ1) is 15.0. The molecule has 1 N–H and O–H groups in total. The number of hydrogen-bond acceptors (Lipinski definition) is 5. The molecule has 1 aliphatic heterocycles. The SMILES string of the molecule is O=C(CN1CCC(NS(=O)(=O)c2cccs2)CC1)N(C1CCCCC1)C1CCCCC1. The fourth-order valence-electron chi connectivity index (χ4n) is 5.60. The lowest BCUT2D eigenvalue weighted by atomic mass is 9.88. The zero-order valence-corrected chi connectivity index (χ0v) is 20.1. The minimum Gasteiger partial charge on any atom is -0.336 e. The van der Waals surface area contributed by atoms with Crippen molar-refractivity contribution in [2.45, 2.75) is 99.4 Å². The first-order valence-corrected chi connectivity index (χ1v) is 14.5. The number of hydrogen-bond donors (Lipinski definition) is 1. The van der Waals surface area contributed by atoms with Gasteiger partial charge in [0, 0.05) is 31.2 Å². The number of sulfonamides is 1. The Labute approximate surface area is 191 Å². The van der Waals surface area contributed by atoms with E-state index in [9.17, 15) is 13.2 Å². The van der Waals surface area contributed by atoms with Gasteiger partial charge in [-0.25, -0.2) is 13.1 Å². The fourth-order valence-corrected chi connectivity index (χ4v) is 7.91. The van der Waals surface area contributed by atoms with Gasteiger partial charge in [-0.2, -0.15) is 0 Å². The van der Waals surface area contributed by atoms with E-state index in [1.165, 1.54) is 49.9 Å². The van der Waals surface area contributed by atoms with Crippen molar-refractivity contribution < 1.29 is 13.2 Å². The topological polar surface area (TPSA) is 69.7 Å². The predicted octanol–water partition coefficient (Wildman–Crippen LogP) is 3.98. The lowest BCUT2D eigenvalue weighted by molar-refractivity contribution is -0.139. The van der Waals surface area contributed by atoms with Crippen LogP contribution in [0.4, 0.5) is 0 Å². The van der Waals surface area contributed by atoms with Crippen molar-refractivity contribution in [2.75, 3.05) is 19.6 Å². The number of thiophene rings is 1. The number of carbonyl (C=O) groups is 1. The van der Waals surface area contributed by atoms with Crippen molar-refractivity contribution in [2.24, 2.45) is 0 Å². The average molecular weight is 468 g/mol. The second-order valence-corrected chi connectivity index (χ2v) is 12.4. The summed E-state index contributed by atoms with van der Waals surface area (Å²) >= 11 is 1.25. The highest BCUT2D eigenvalue weighted by Gasteiger charge is 2.34. The summed E-state index contributed by atoms with van der Waals surface area (Å²) in [6, 6.07) is 4.22. The van der Waals surface area contributed by atoms with E-state index in [2.05, 4.69) is 14.5 Å². The van der Waals surface area contributed by atoms with E-state index < -0.39 is 10.0 Å². The molecule has 31 heavy (non-hydrogen) atoms. The lowest BCUT2D eigenvalue weighted by Crippen LogP contribution is -2.53. The molecule has 1 saturated heterocycles. The molecule has 3 aliphatic rings. The third-order valence-corrected chi connectivity index (χ3v) is 10.2. The van der Waals surface area contributed by atoms with Crippen molar-refractivity contribution >= 4 is 27.3 Å². The molecule has 3 fully saturated rings. The summed E-state index contributed by atoms with van der Waals surface area (Å²) < 4.78 is 28.2. The summed E-state index contributed by atoms with van der Waals surface area (Å²) in [6.07, 6.45) is 13.8. The smallest absolute Gasteiger partial charge is 0.250 e. The molecule has 1 amide bonds. The van der Waals surface area contributed by atoms with E-state index >= 15 is 0 Å². The highest BCUT2D eigenvalue weighted by Crippen LogP contribution is 2.30. The van der Waals surface area contributed by atoms with E-state index in [-0.39, 0.29) is 6.04 Å². The van der Waals surface area contributed by atoms with E-state index in [0.29, 0.717) is 28.7 Å². The first kappa shape index (κ1) is 23.2. The van der Waals surface area contributed by atoms with Crippen LogP contribution < -0.4 is 4.72 Å². The number of nitrogens with zero attached hydrogens (tertiary/aromatic N) is 2. The number of rotatable bonds is 7. The Morgan fingerprint density at radius 3 is 2.06 bits per heavy atom. The molecule has 2 aliphatic carbocycles. The molecule has 2 heterocycles. The van der Waals surface area contributed by atoms with E-state index in [0.717, 1.165) is 51.6 Å². The van der Waals surface area contributed by atoms with Crippen LogP contribution in [0.25, 0.3) is 0 Å². The molecule has 1 aromatic heterocycles. The molecule has 2 saturated carbocycles. The van der Waals surface area contributed by atoms with Crippen LogP contribution in [0.2, 0.25) is 0 Å². The first-order valence-electron chi connectivity index (χ1n) is 12.1. The fraction of sp³-hybridized carbons (Fsp3) is 0.783. The van der Waals surface area contributed by atoms with Crippen LogP contribution in [0.1, 0.15) is 77.0 Å². The Morgan fingerprint density at radius 2 is 1.55 bits per heavy atom. The summed E-state index contributed by atoms with van der Waals surface area (Å²) in [6.45, 7) is 2.02. The minimum atomic E-state index is -3.42. The Kier molecular flexibility index (Phi) is 8.06. The molecule has 4 rings (SSSR count). The number of amides is 1. The molecule has 0 bridgehead atoms. The predicted molar refractivity (Wildman–Crippen MR) is 125 cm³/mol.